The van der Waals surface area contributed by atoms with Gasteiger partial charge < -0.3 is 15.0 Å². The lowest BCUT2D eigenvalue weighted by Crippen LogP contribution is -2.41. The highest BCUT2D eigenvalue weighted by Crippen LogP contribution is 2.07. The quantitative estimate of drug-likeness (QED) is 0.728. The van der Waals surface area contributed by atoms with Gasteiger partial charge in [-0.15, -0.1) is 0 Å². The molecule has 0 bridgehead atoms. The van der Waals surface area contributed by atoms with Gasteiger partial charge >= 0.3 is 0 Å². The molecule has 0 aliphatic carbocycles. The molecule has 1 aliphatic rings. The van der Waals surface area contributed by atoms with E-state index in [0.29, 0.717) is 0 Å². The number of amides is 1. The third-order valence-corrected chi connectivity index (χ3v) is 3.63. The predicted molar refractivity (Wildman–Crippen MR) is 77.2 cm³/mol. The molecule has 112 valence electrons. The van der Waals surface area contributed by atoms with Gasteiger partial charge in [-0.1, -0.05) is 13.8 Å². The fraction of sp³-hybridized carbons (Fsp3) is 0.929. The Morgan fingerprint density at radius 1 is 1.32 bits per heavy atom. The zero-order valence-corrected chi connectivity index (χ0v) is 12.7. The average molecular weight is 271 g/mol. The minimum Gasteiger partial charge on any atom is -0.383 e. The Labute approximate surface area is 117 Å². The van der Waals surface area contributed by atoms with Crippen LogP contribution in [0.5, 0.6) is 0 Å². The Bertz CT molecular complexity index is 261. The number of rotatable bonds is 7. The van der Waals surface area contributed by atoms with E-state index in [1.807, 2.05) is 11.8 Å². The van der Waals surface area contributed by atoms with E-state index in [-0.39, 0.29) is 11.8 Å². The third-order valence-electron chi connectivity index (χ3n) is 3.63. The molecule has 1 heterocycles. The van der Waals surface area contributed by atoms with Crippen molar-refractivity contribution in [1.29, 1.82) is 0 Å². The zero-order valence-electron chi connectivity index (χ0n) is 12.7. The summed E-state index contributed by atoms with van der Waals surface area (Å²) in [6.45, 7) is 11.3. The molecule has 0 spiro atoms. The van der Waals surface area contributed by atoms with E-state index < -0.39 is 0 Å². The van der Waals surface area contributed by atoms with Crippen LogP contribution in [-0.2, 0) is 9.53 Å². The van der Waals surface area contributed by atoms with E-state index in [9.17, 15) is 4.79 Å². The Morgan fingerprint density at radius 3 is 2.79 bits per heavy atom. The van der Waals surface area contributed by atoms with Gasteiger partial charge in [0.2, 0.25) is 5.91 Å². The van der Waals surface area contributed by atoms with Crippen LogP contribution in [0.1, 0.15) is 20.3 Å². The van der Waals surface area contributed by atoms with Crippen molar-refractivity contribution in [2.24, 2.45) is 5.92 Å². The molecule has 1 N–H and O–H groups in total. The standard InChI is InChI=1S/C14H29N3O2/c1-4-15-12-13(2)14(18)17-7-5-6-16(8-9-17)10-11-19-3/h13,15H,4-12H2,1-3H3. The smallest absolute Gasteiger partial charge is 0.226 e. The molecule has 0 aromatic carbocycles. The van der Waals surface area contributed by atoms with Crippen LogP contribution < -0.4 is 5.32 Å². The average Bonchev–Trinajstić information content (AvgIpc) is 2.67. The Hall–Kier alpha value is -0.650. The molecule has 0 aromatic rings. The molecule has 1 amide bonds. The Kier molecular flexibility index (Phi) is 8.02. The lowest BCUT2D eigenvalue weighted by atomic mass is 10.1. The molecule has 0 radical (unpaired) electrons. The largest absolute Gasteiger partial charge is 0.383 e. The van der Waals surface area contributed by atoms with Gasteiger partial charge in [-0.05, 0) is 19.5 Å². The molecule has 1 unspecified atom stereocenters. The number of hydrogen-bond donors (Lipinski definition) is 1. The maximum atomic E-state index is 12.3. The van der Waals surface area contributed by atoms with Crippen molar-refractivity contribution in [3.05, 3.63) is 0 Å². The number of nitrogens with one attached hydrogen (secondary N) is 1. The van der Waals surface area contributed by atoms with Crippen LogP contribution in [-0.4, -0.2) is 75.2 Å². The number of hydrogen-bond acceptors (Lipinski definition) is 4. The third kappa shape index (κ3) is 5.89. The molecular weight excluding hydrogens is 242 g/mol. The van der Waals surface area contributed by atoms with Crippen molar-refractivity contribution in [3.8, 4) is 0 Å². The molecule has 0 saturated carbocycles. The van der Waals surface area contributed by atoms with Gasteiger partial charge in [-0.2, -0.15) is 0 Å². The molecule has 0 aromatic heterocycles. The number of carbonyl (C=O) groups is 1. The Balaban J connectivity index is 2.36. The van der Waals surface area contributed by atoms with Crippen molar-refractivity contribution in [3.63, 3.8) is 0 Å². The zero-order chi connectivity index (χ0) is 14.1. The molecule has 5 heteroatoms. The first-order valence-corrected chi connectivity index (χ1v) is 7.39. The Morgan fingerprint density at radius 2 is 2.11 bits per heavy atom. The summed E-state index contributed by atoms with van der Waals surface area (Å²) in [5.41, 5.74) is 0. The number of carbonyl (C=O) groups excluding carboxylic acids is 1. The van der Waals surface area contributed by atoms with Crippen LogP contribution in [0.3, 0.4) is 0 Å². The second-order valence-corrected chi connectivity index (χ2v) is 5.22. The van der Waals surface area contributed by atoms with Gasteiger partial charge in [-0.3, -0.25) is 9.69 Å². The minimum absolute atomic E-state index is 0.0745. The van der Waals surface area contributed by atoms with Crippen molar-refractivity contribution >= 4 is 5.91 Å². The minimum atomic E-state index is 0.0745. The maximum absolute atomic E-state index is 12.3. The maximum Gasteiger partial charge on any atom is 0.226 e. The van der Waals surface area contributed by atoms with Gasteiger partial charge in [0, 0.05) is 45.8 Å². The van der Waals surface area contributed by atoms with Gasteiger partial charge in [-0.25, -0.2) is 0 Å². The van der Waals surface area contributed by atoms with Crippen LogP contribution in [0.2, 0.25) is 0 Å². The van der Waals surface area contributed by atoms with E-state index in [2.05, 4.69) is 17.1 Å². The highest BCUT2D eigenvalue weighted by atomic mass is 16.5. The van der Waals surface area contributed by atoms with Crippen LogP contribution in [0, 0.1) is 5.92 Å². The van der Waals surface area contributed by atoms with E-state index in [1.54, 1.807) is 7.11 Å². The molecule has 1 aliphatic heterocycles. The highest BCUT2D eigenvalue weighted by molar-refractivity contribution is 5.78. The van der Waals surface area contributed by atoms with Crippen molar-refractivity contribution < 1.29 is 9.53 Å². The van der Waals surface area contributed by atoms with Crippen LogP contribution >= 0.6 is 0 Å². The van der Waals surface area contributed by atoms with E-state index in [1.165, 1.54) is 0 Å². The molecule has 1 fully saturated rings. The molecule has 1 atom stereocenters. The first-order valence-electron chi connectivity index (χ1n) is 7.39. The van der Waals surface area contributed by atoms with Crippen LogP contribution in [0.15, 0.2) is 0 Å². The topological polar surface area (TPSA) is 44.8 Å². The second kappa shape index (κ2) is 9.28. The monoisotopic (exact) mass is 271 g/mol. The summed E-state index contributed by atoms with van der Waals surface area (Å²) in [6.07, 6.45) is 1.06. The highest BCUT2D eigenvalue weighted by Gasteiger charge is 2.22. The summed E-state index contributed by atoms with van der Waals surface area (Å²) < 4.78 is 5.11. The summed E-state index contributed by atoms with van der Waals surface area (Å²) in [5.74, 6) is 0.361. The van der Waals surface area contributed by atoms with E-state index in [0.717, 1.165) is 58.8 Å². The number of ether oxygens (including phenoxy) is 1. The molecule has 19 heavy (non-hydrogen) atoms. The summed E-state index contributed by atoms with van der Waals surface area (Å²) >= 11 is 0. The summed E-state index contributed by atoms with van der Waals surface area (Å²) in [5, 5.41) is 3.25. The summed E-state index contributed by atoms with van der Waals surface area (Å²) in [4.78, 5) is 16.7. The molecule has 1 saturated heterocycles. The lowest BCUT2D eigenvalue weighted by molar-refractivity contribution is -0.134. The predicted octanol–water partition coefficient (Wildman–Crippen LogP) is 0.413. The molecule has 5 nitrogen and oxygen atoms in total. The van der Waals surface area contributed by atoms with Gasteiger partial charge in [0.25, 0.3) is 0 Å². The number of methoxy groups -OCH3 is 1. The van der Waals surface area contributed by atoms with Crippen LogP contribution in [0.25, 0.3) is 0 Å². The molecule has 1 rings (SSSR count). The van der Waals surface area contributed by atoms with Gasteiger partial charge in [0.05, 0.1) is 6.61 Å². The second-order valence-electron chi connectivity index (χ2n) is 5.22. The van der Waals surface area contributed by atoms with Gasteiger partial charge in [0.15, 0.2) is 0 Å². The lowest BCUT2D eigenvalue weighted by Gasteiger charge is -2.24. The van der Waals surface area contributed by atoms with E-state index >= 15 is 0 Å². The SMILES string of the molecule is CCNCC(C)C(=O)N1CCCN(CCOC)CC1. The fourth-order valence-corrected chi connectivity index (χ4v) is 2.40. The van der Waals surface area contributed by atoms with Crippen molar-refractivity contribution in [2.75, 3.05) is 59.5 Å². The first kappa shape index (κ1) is 16.4. The van der Waals surface area contributed by atoms with Crippen molar-refractivity contribution in [2.45, 2.75) is 20.3 Å². The van der Waals surface area contributed by atoms with Crippen molar-refractivity contribution in [1.82, 2.24) is 15.1 Å². The summed E-state index contributed by atoms with van der Waals surface area (Å²) in [7, 11) is 1.73. The number of nitrogens with zero attached hydrogens (tertiary/aromatic N) is 2. The first-order chi connectivity index (χ1) is 9.19. The van der Waals surface area contributed by atoms with Crippen LogP contribution in [0.4, 0.5) is 0 Å². The molecular formula is C14H29N3O2. The summed E-state index contributed by atoms with van der Waals surface area (Å²) in [6, 6.07) is 0. The van der Waals surface area contributed by atoms with Gasteiger partial charge in [0.1, 0.15) is 0 Å². The van der Waals surface area contributed by atoms with E-state index in [4.69, 9.17) is 4.74 Å². The fourth-order valence-electron chi connectivity index (χ4n) is 2.40. The normalized spacial score (nSPS) is 19.2.